The zero-order chi connectivity index (χ0) is 15.4. The first-order valence-electron chi connectivity index (χ1n) is 6.28. The van der Waals surface area contributed by atoms with Crippen LogP contribution in [0.4, 0.5) is 4.39 Å². The van der Waals surface area contributed by atoms with Crippen LogP contribution in [0.2, 0.25) is 5.02 Å². The van der Waals surface area contributed by atoms with Crippen LogP contribution in [0, 0.1) is 5.82 Å². The van der Waals surface area contributed by atoms with E-state index in [2.05, 4.69) is 15.9 Å². The number of ketones is 1. The Morgan fingerprint density at radius 1 is 1.29 bits per heavy atom. The van der Waals surface area contributed by atoms with Gasteiger partial charge in [0, 0.05) is 33.5 Å². The largest absolute Gasteiger partial charge is 0.496 e. The lowest BCUT2D eigenvalue weighted by Crippen LogP contribution is -2.09. The van der Waals surface area contributed by atoms with Crippen molar-refractivity contribution >= 4 is 33.3 Å². The van der Waals surface area contributed by atoms with Crippen LogP contribution in [0.3, 0.4) is 0 Å². The maximum Gasteiger partial charge on any atom is 0.141 e. The van der Waals surface area contributed by atoms with Crippen molar-refractivity contribution in [1.29, 1.82) is 0 Å². The molecule has 0 unspecified atom stereocenters. The minimum absolute atomic E-state index is 0.0405. The summed E-state index contributed by atoms with van der Waals surface area (Å²) >= 11 is 9.29. The van der Waals surface area contributed by atoms with E-state index in [1.54, 1.807) is 19.2 Å². The lowest BCUT2D eigenvalue weighted by molar-refractivity contribution is -0.117. The summed E-state index contributed by atoms with van der Waals surface area (Å²) in [6.45, 7) is 0. The van der Waals surface area contributed by atoms with E-state index in [9.17, 15) is 9.18 Å². The molecule has 0 saturated carbocycles. The number of rotatable bonds is 5. The summed E-state index contributed by atoms with van der Waals surface area (Å²) in [5, 5.41) is 0.268. The average Bonchev–Trinajstić information content (AvgIpc) is 2.43. The maximum absolute atomic E-state index is 13.7. The predicted molar refractivity (Wildman–Crippen MR) is 84.5 cm³/mol. The van der Waals surface area contributed by atoms with E-state index in [-0.39, 0.29) is 29.2 Å². The van der Waals surface area contributed by atoms with Crippen LogP contribution >= 0.6 is 27.5 Å². The van der Waals surface area contributed by atoms with Crippen molar-refractivity contribution in [3.05, 3.63) is 62.8 Å². The van der Waals surface area contributed by atoms with Gasteiger partial charge in [-0.05, 0) is 30.3 Å². The Labute approximate surface area is 136 Å². The highest BCUT2D eigenvalue weighted by Gasteiger charge is 2.14. The molecule has 0 aliphatic carbocycles. The fourth-order valence-corrected chi connectivity index (χ4v) is 2.70. The zero-order valence-electron chi connectivity index (χ0n) is 11.3. The molecule has 0 aromatic heterocycles. The Morgan fingerprint density at radius 3 is 2.71 bits per heavy atom. The lowest BCUT2D eigenvalue weighted by atomic mass is 10.0. The second-order valence-electron chi connectivity index (χ2n) is 4.55. The molecule has 2 nitrogen and oxygen atoms in total. The number of hydrogen-bond donors (Lipinski definition) is 0. The van der Waals surface area contributed by atoms with E-state index >= 15 is 0 Å². The zero-order valence-corrected chi connectivity index (χ0v) is 13.7. The summed E-state index contributed by atoms with van der Waals surface area (Å²) in [6, 6.07) is 9.83. The molecule has 0 fully saturated rings. The van der Waals surface area contributed by atoms with Gasteiger partial charge in [-0.2, -0.15) is 0 Å². The molecule has 0 aliphatic heterocycles. The Morgan fingerprint density at radius 2 is 2.05 bits per heavy atom. The highest BCUT2D eigenvalue weighted by molar-refractivity contribution is 9.10. The second kappa shape index (κ2) is 7.05. The fraction of sp³-hybridized carbons (Fsp3) is 0.188. The van der Waals surface area contributed by atoms with Crippen LogP contribution in [-0.4, -0.2) is 12.9 Å². The lowest BCUT2D eigenvalue weighted by Gasteiger charge is -2.09. The minimum Gasteiger partial charge on any atom is -0.496 e. The molecule has 2 rings (SSSR count). The quantitative estimate of drug-likeness (QED) is 0.767. The number of benzene rings is 2. The first kappa shape index (κ1) is 16.0. The van der Waals surface area contributed by atoms with E-state index in [4.69, 9.17) is 16.3 Å². The standard InChI is InChI=1S/C16H13BrClFO2/c1-21-16-6-5-11(17)7-10(16)8-12(20)9-13-14(18)3-2-4-15(13)19/h2-7H,8-9H2,1H3. The monoisotopic (exact) mass is 370 g/mol. The SMILES string of the molecule is COc1ccc(Br)cc1CC(=O)Cc1c(F)cccc1Cl. The number of hydrogen-bond acceptors (Lipinski definition) is 2. The van der Waals surface area contributed by atoms with Gasteiger partial charge in [0.15, 0.2) is 0 Å². The summed E-state index contributed by atoms with van der Waals surface area (Å²) in [4.78, 5) is 12.2. The fourth-order valence-electron chi connectivity index (χ4n) is 2.06. The van der Waals surface area contributed by atoms with Crippen LogP contribution in [0.25, 0.3) is 0 Å². The Balaban J connectivity index is 2.17. The Bertz CT molecular complexity index is 653. The second-order valence-corrected chi connectivity index (χ2v) is 5.87. The predicted octanol–water partition coefficient (Wildman–Crippen LogP) is 4.60. The molecule has 0 spiro atoms. The highest BCUT2D eigenvalue weighted by atomic mass is 79.9. The summed E-state index contributed by atoms with van der Waals surface area (Å²) in [5.74, 6) is 0.0432. The van der Waals surface area contributed by atoms with Crippen molar-refractivity contribution in [2.24, 2.45) is 0 Å². The van der Waals surface area contributed by atoms with Crippen molar-refractivity contribution in [3.63, 3.8) is 0 Å². The van der Waals surface area contributed by atoms with Gasteiger partial charge in [-0.1, -0.05) is 33.6 Å². The summed E-state index contributed by atoms with van der Waals surface area (Å²) in [7, 11) is 1.55. The smallest absolute Gasteiger partial charge is 0.141 e. The van der Waals surface area contributed by atoms with Gasteiger partial charge in [-0.15, -0.1) is 0 Å². The Kier molecular flexibility index (Phi) is 5.37. The van der Waals surface area contributed by atoms with Gasteiger partial charge in [-0.3, -0.25) is 4.79 Å². The normalized spacial score (nSPS) is 10.5. The van der Waals surface area contributed by atoms with Crippen LogP contribution < -0.4 is 4.74 Å². The van der Waals surface area contributed by atoms with E-state index in [0.717, 1.165) is 10.0 Å². The van der Waals surface area contributed by atoms with E-state index in [1.807, 2.05) is 12.1 Å². The van der Waals surface area contributed by atoms with Gasteiger partial charge < -0.3 is 4.74 Å². The highest BCUT2D eigenvalue weighted by Crippen LogP contribution is 2.25. The topological polar surface area (TPSA) is 26.3 Å². The summed E-state index contributed by atoms with van der Waals surface area (Å²) < 4.78 is 19.8. The molecule has 0 amide bonds. The van der Waals surface area contributed by atoms with Gasteiger partial charge in [0.25, 0.3) is 0 Å². The van der Waals surface area contributed by atoms with Crippen molar-refractivity contribution in [1.82, 2.24) is 0 Å². The number of ether oxygens (including phenoxy) is 1. The molecule has 110 valence electrons. The van der Waals surface area contributed by atoms with Gasteiger partial charge >= 0.3 is 0 Å². The molecule has 0 atom stereocenters. The molecular weight excluding hydrogens is 359 g/mol. The molecule has 0 aliphatic rings. The molecule has 21 heavy (non-hydrogen) atoms. The van der Waals surface area contributed by atoms with Gasteiger partial charge in [0.05, 0.1) is 7.11 Å². The molecular formula is C16H13BrClFO2. The molecule has 0 saturated heterocycles. The van der Waals surface area contributed by atoms with Crippen LogP contribution in [0.1, 0.15) is 11.1 Å². The van der Waals surface area contributed by atoms with Gasteiger partial charge in [0.2, 0.25) is 0 Å². The van der Waals surface area contributed by atoms with Crippen molar-refractivity contribution in [2.45, 2.75) is 12.8 Å². The molecule has 0 radical (unpaired) electrons. The van der Waals surface area contributed by atoms with Crippen molar-refractivity contribution < 1.29 is 13.9 Å². The Hall–Kier alpha value is -1.39. The van der Waals surface area contributed by atoms with Crippen LogP contribution in [-0.2, 0) is 17.6 Å². The number of carbonyl (C=O) groups excluding carboxylic acids is 1. The molecule has 2 aromatic carbocycles. The van der Waals surface area contributed by atoms with E-state index in [1.165, 1.54) is 12.1 Å². The molecule has 0 heterocycles. The first-order valence-corrected chi connectivity index (χ1v) is 7.45. The van der Waals surface area contributed by atoms with E-state index < -0.39 is 5.82 Å². The molecule has 0 bridgehead atoms. The van der Waals surface area contributed by atoms with Crippen molar-refractivity contribution in [3.8, 4) is 5.75 Å². The summed E-state index contributed by atoms with van der Waals surface area (Å²) in [6.07, 6.45) is 0.119. The van der Waals surface area contributed by atoms with E-state index in [0.29, 0.717) is 5.75 Å². The number of carbonyl (C=O) groups is 1. The van der Waals surface area contributed by atoms with Crippen molar-refractivity contribution in [2.75, 3.05) is 7.11 Å². The third kappa shape index (κ3) is 4.05. The number of methoxy groups -OCH3 is 1. The van der Waals surface area contributed by atoms with Gasteiger partial charge in [0.1, 0.15) is 17.3 Å². The molecule has 2 aromatic rings. The maximum atomic E-state index is 13.7. The third-order valence-corrected chi connectivity index (χ3v) is 3.91. The third-order valence-electron chi connectivity index (χ3n) is 3.07. The minimum atomic E-state index is -0.461. The molecule has 0 N–H and O–H groups in total. The molecule has 5 heteroatoms. The number of Topliss-reactive ketones (excluding diaryl/α,β-unsaturated/α-hetero) is 1. The van der Waals surface area contributed by atoms with Crippen LogP contribution in [0.5, 0.6) is 5.75 Å². The summed E-state index contributed by atoms with van der Waals surface area (Å²) in [5.41, 5.74) is 0.988. The average molecular weight is 372 g/mol. The van der Waals surface area contributed by atoms with Gasteiger partial charge in [-0.25, -0.2) is 4.39 Å². The first-order chi connectivity index (χ1) is 10.0. The number of halogens is 3. The van der Waals surface area contributed by atoms with Crippen LogP contribution in [0.15, 0.2) is 40.9 Å².